The Morgan fingerprint density at radius 3 is 2.71 bits per heavy atom. The van der Waals surface area contributed by atoms with E-state index in [0.717, 1.165) is 21.3 Å². The van der Waals surface area contributed by atoms with Gasteiger partial charge in [0, 0.05) is 23.1 Å². The van der Waals surface area contributed by atoms with E-state index in [0.29, 0.717) is 13.1 Å². The normalized spacial score (nSPS) is 14.4. The second-order valence-corrected chi connectivity index (χ2v) is 5.83. The summed E-state index contributed by atoms with van der Waals surface area (Å²) in [6.07, 6.45) is 0. The van der Waals surface area contributed by atoms with Gasteiger partial charge in [-0.15, -0.1) is 0 Å². The van der Waals surface area contributed by atoms with E-state index in [1.54, 1.807) is 17.0 Å². The molecule has 3 nitrogen and oxygen atoms in total. The molecule has 0 aliphatic carbocycles. The highest BCUT2D eigenvalue weighted by Gasteiger charge is 2.21. The van der Waals surface area contributed by atoms with Crippen LogP contribution in [-0.2, 0) is 17.9 Å². The van der Waals surface area contributed by atoms with E-state index in [9.17, 15) is 9.18 Å². The Bertz CT molecular complexity index is 672. The van der Waals surface area contributed by atoms with Crippen molar-refractivity contribution < 1.29 is 13.9 Å². The molecule has 21 heavy (non-hydrogen) atoms. The van der Waals surface area contributed by atoms with Gasteiger partial charge in [0.2, 0.25) is 0 Å². The molecule has 0 saturated heterocycles. The summed E-state index contributed by atoms with van der Waals surface area (Å²) < 4.78 is 19.4. The summed E-state index contributed by atoms with van der Waals surface area (Å²) in [7, 11) is 0. The maximum atomic E-state index is 12.9. The highest BCUT2D eigenvalue weighted by molar-refractivity contribution is 9.10. The number of hydrogen-bond donors (Lipinski definition) is 0. The third-order valence-corrected chi connectivity index (χ3v) is 3.87. The van der Waals surface area contributed by atoms with Gasteiger partial charge < -0.3 is 9.64 Å². The molecule has 0 atom stereocenters. The van der Waals surface area contributed by atoms with Crippen LogP contribution in [0.4, 0.5) is 4.39 Å². The van der Waals surface area contributed by atoms with Crippen molar-refractivity contribution in [1.29, 1.82) is 0 Å². The first-order valence-electron chi connectivity index (χ1n) is 6.55. The van der Waals surface area contributed by atoms with Crippen LogP contribution in [0, 0.1) is 5.82 Å². The van der Waals surface area contributed by atoms with Crippen molar-refractivity contribution in [2.24, 2.45) is 0 Å². The molecule has 1 aliphatic heterocycles. The molecule has 0 fully saturated rings. The van der Waals surface area contributed by atoms with E-state index in [-0.39, 0.29) is 18.3 Å². The Hall–Kier alpha value is -1.88. The van der Waals surface area contributed by atoms with Crippen LogP contribution in [0.3, 0.4) is 0 Å². The topological polar surface area (TPSA) is 29.5 Å². The molecule has 108 valence electrons. The predicted molar refractivity (Wildman–Crippen MR) is 80.3 cm³/mol. The smallest absolute Gasteiger partial charge is 0.261 e. The van der Waals surface area contributed by atoms with Crippen molar-refractivity contribution in [3.05, 3.63) is 63.9 Å². The minimum absolute atomic E-state index is 0.0236. The molecule has 0 unspecified atom stereocenters. The molecule has 1 aliphatic rings. The van der Waals surface area contributed by atoms with E-state index in [1.807, 2.05) is 18.2 Å². The molecule has 2 aromatic carbocycles. The molecule has 0 spiro atoms. The standard InChI is InChI=1S/C16H13BrFNO2/c17-13-3-6-15-12(7-13)9-19(16(20)10-21-15)8-11-1-4-14(18)5-2-11/h1-7H,8-10H2. The van der Waals surface area contributed by atoms with Gasteiger partial charge in [-0.25, -0.2) is 4.39 Å². The van der Waals surface area contributed by atoms with Gasteiger partial charge in [-0.05, 0) is 35.9 Å². The minimum atomic E-state index is -0.279. The minimum Gasteiger partial charge on any atom is -0.483 e. The summed E-state index contributed by atoms with van der Waals surface area (Å²) in [5.41, 5.74) is 1.85. The number of ether oxygens (including phenoxy) is 1. The number of hydrogen-bond acceptors (Lipinski definition) is 2. The third kappa shape index (κ3) is 3.24. The number of nitrogens with zero attached hydrogens (tertiary/aromatic N) is 1. The first-order valence-corrected chi connectivity index (χ1v) is 7.34. The number of carbonyl (C=O) groups excluding carboxylic acids is 1. The van der Waals surface area contributed by atoms with Crippen LogP contribution in [0.1, 0.15) is 11.1 Å². The quantitative estimate of drug-likeness (QED) is 0.830. The summed E-state index contributed by atoms with van der Waals surface area (Å²) >= 11 is 3.43. The molecule has 0 bridgehead atoms. The second-order valence-electron chi connectivity index (χ2n) is 4.92. The molecule has 1 heterocycles. The fraction of sp³-hybridized carbons (Fsp3) is 0.188. The zero-order chi connectivity index (χ0) is 14.8. The lowest BCUT2D eigenvalue weighted by molar-refractivity contribution is -0.133. The zero-order valence-electron chi connectivity index (χ0n) is 11.2. The van der Waals surface area contributed by atoms with Crippen LogP contribution in [0.5, 0.6) is 5.75 Å². The highest BCUT2D eigenvalue weighted by atomic mass is 79.9. The van der Waals surface area contributed by atoms with Crippen LogP contribution in [0.15, 0.2) is 46.9 Å². The Kier molecular flexibility index (Phi) is 3.92. The van der Waals surface area contributed by atoms with Gasteiger partial charge in [0.1, 0.15) is 11.6 Å². The van der Waals surface area contributed by atoms with Crippen molar-refractivity contribution in [3.63, 3.8) is 0 Å². The first kappa shape index (κ1) is 14.1. The van der Waals surface area contributed by atoms with Crippen molar-refractivity contribution in [1.82, 2.24) is 4.90 Å². The van der Waals surface area contributed by atoms with Crippen molar-refractivity contribution in [2.75, 3.05) is 6.61 Å². The van der Waals surface area contributed by atoms with Crippen LogP contribution < -0.4 is 4.74 Å². The molecular formula is C16H13BrFNO2. The van der Waals surface area contributed by atoms with Gasteiger partial charge in [-0.2, -0.15) is 0 Å². The molecule has 3 rings (SSSR count). The van der Waals surface area contributed by atoms with Crippen molar-refractivity contribution in [2.45, 2.75) is 13.1 Å². The summed E-state index contributed by atoms with van der Waals surface area (Å²) in [6.45, 7) is 0.940. The zero-order valence-corrected chi connectivity index (χ0v) is 12.8. The van der Waals surface area contributed by atoms with Crippen molar-refractivity contribution >= 4 is 21.8 Å². The van der Waals surface area contributed by atoms with Crippen LogP contribution in [-0.4, -0.2) is 17.4 Å². The second kappa shape index (κ2) is 5.85. The van der Waals surface area contributed by atoms with E-state index in [4.69, 9.17) is 4.74 Å². The highest BCUT2D eigenvalue weighted by Crippen LogP contribution is 2.27. The van der Waals surface area contributed by atoms with E-state index in [1.165, 1.54) is 12.1 Å². The lowest BCUT2D eigenvalue weighted by Gasteiger charge is -2.20. The number of rotatable bonds is 2. The summed E-state index contributed by atoms with van der Waals surface area (Å²) in [4.78, 5) is 13.9. The van der Waals surface area contributed by atoms with E-state index < -0.39 is 0 Å². The molecule has 0 radical (unpaired) electrons. The maximum Gasteiger partial charge on any atom is 0.261 e. The number of fused-ring (bicyclic) bond motifs is 1. The van der Waals surface area contributed by atoms with Gasteiger partial charge in [0.05, 0.1) is 0 Å². The van der Waals surface area contributed by atoms with Gasteiger partial charge in [0.25, 0.3) is 5.91 Å². The van der Waals surface area contributed by atoms with Crippen LogP contribution in [0.25, 0.3) is 0 Å². The molecule has 0 saturated carbocycles. The number of halogens is 2. The van der Waals surface area contributed by atoms with E-state index in [2.05, 4.69) is 15.9 Å². The van der Waals surface area contributed by atoms with Crippen LogP contribution >= 0.6 is 15.9 Å². The molecule has 0 N–H and O–H groups in total. The lowest BCUT2D eigenvalue weighted by Crippen LogP contribution is -2.31. The third-order valence-electron chi connectivity index (χ3n) is 3.37. The largest absolute Gasteiger partial charge is 0.483 e. The Morgan fingerprint density at radius 2 is 1.95 bits per heavy atom. The van der Waals surface area contributed by atoms with Gasteiger partial charge in [0.15, 0.2) is 6.61 Å². The molecule has 1 amide bonds. The summed E-state index contributed by atoms with van der Waals surface area (Å²) in [5.74, 6) is 0.373. The fourth-order valence-corrected chi connectivity index (χ4v) is 2.70. The van der Waals surface area contributed by atoms with E-state index >= 15 is 0 Å². The van der Waals surface area contributed by atoms with Crippen molar-refractivity contribution in [3.8, 4) is 5.75 Å². The fourth-order valence-electron chi connectivity index (χ4n) is 2.29. The Morgan fingerprint density at radius 1 is 1.19 bits per heavy atom. The molecule has 0 aromatic heterocycles. The van der Waals surface area contributed by atoms with Gasteiger partial charge in [-0.3, -0.25) is 4.79 Å². The molecule has 2 aromatic rings. The predicted octanol–water partition coefficient (Wildman–Crippen LogP) is 3.51. The average molecular weight is 350 g/mol. The first-order chi connectivity index (χ1) is 10.1. The Balaban J connectivity index is 1.84. The SMILES string of the molecule is O=C1COc2ccc(Br)cc2CN1Cc1ccc(F)cc1. The molecular weight excluding hydrogens is 337 g/mol. The number of amides is 1. The average Bonchev–Trinajstić information content (AvgIpc) is 2.61. The Labute approximate surface area is 130 Å². The lowest BCUT2D eigenvalue weighted by atomic mass is 10.1. The maximum absolute atomic E-state index is 12.9. The molecule has 5 heteroatoms. The monoisotopic (exact) mass is 349 g/mol. The number of benzene rings is 2. The van der Waals surface area contributed by atoms with Gasteiger partial charge in [-0.1, -0.05) is 28.1 Å². The number of carbonyl (C=O) groups is 1. The van der Waals surface area contributed by atoms with Crippen LogP contribution in [0.2, 0.25) is 0 Å². The summed E-state index contributed by atoms with van der Waals surface area (Å²) in [5, 5.41) is 0. The summed E-state index contributed by atoms with van der Waals surface area (Å²) in [6, 6.07) is 11.9. The van der Waals surface area contributed by atoms with Gasteiger partial charge >= 0.3 is 0 Å².